The summed E-state index contributed by atoms with van der Waals surface area (Å²) in [6.07, 6.45) is 9.58. The molecule has 9 heteroatoms. The van der Waals surface area contributed by atoms with E-state index in [1.165, 1.54) is 0 Å². The van der Waals surface area contributed by atoms with Gasteiger partial charge in [0.25, 0.3) is 5.91 Å². The van der Waals surface area contributed by atoms with Gasteiger partial charge in [-0.3, -0.25) is 14.4 Å². The van der Waals surface area contributed by atoms with Crippen LogP contribution in [0.2, 0.25) is 0 Å². The normalized spacial score (nSPS) is 21.8. The number of ether oxygens (including phenoxy) is 1. The van der Waals surface area contributed by atoms with E-state index in [4.69, 9.17) is 4.74 Å². The van der Waals surface area contributed by atoms with E-state index >= 15 is 0 Å². The van der Waals surface area contributed by atoms with E-state index in [9.17, 15) is 19.2 Å². The first-order chi connectivity index (χ1) is 15.9. The summed E-state index contributed by atoms with van der Waals surface area (Å²) in [5.41, 5.74) is -1.06. The molecule has 0 aromatic carbocycles. The lowest BCUT2D eigenvalue weighted by molar-refractivity contribution is -0.141. The molecule has 3 fully saturated rings. The van der Waals surface area contributed by atoms with E-state index in [1.54, 1.807) is 4.90 Å². The van der Waals surface area contributed by atoms with Gasteiger partial charge in [0.1, 0.15) is 5.54 Å². The number of urea groups is 1. The molecule has 0 bridgehead atoms. The van der Waals surface area contributed by atoms with Crippen LogP contribution in [0.25, 0.3) is 0 Å². The molecule has 0 spiro atoms. The lowest BCUT2D eigenvalue weighted by Gasteiger charge is -2.39. The van der Waals surface area contributed by atoms with Crippen LogP contribution in [-0.2, 0) is 19.1 Å². The minimum Gasteiger partial charge on any atom is -0.378 e. The van der Waals surface area contributed by atoms with Crippen molar-refractivity contribution in [3.05, 3.63) is 0 Å². The smallest absolute Gasteiger partial charge is 0.318 e. The zero-order valence-electron chi connectivity index (χ0n) is 20.0. The second-order valence-electron chi connectivity index (χ2n) is 9.66. The first-order valence-electron chi connectivity index (χ1n) is 12.8. The number of amides is 4. The molecule has 1 saturated heterocycles. The highest BCUT2D eigenvalue weighted by Crippen LogP contribution is 2.29. The average Bonchev–Trinajstić information content (AvgIpc) is 3.35. The van der Waals surface area contributed by atoms with Gasteiger partial charge in [-0.15, -0.1) is 0 Å². The maximum Gasteiger partial charge on any atom is 0.318 e. The van der Waals surface area contributed by atoms with Crippen molar-refractivity contribution in [3.63, 3.8) is 0 Å². The molecular formula is C24H40N4O5. The highest BCUT2D eigenvalue weighted by molar-refractivity contribution is 6.38. The molecule has 3 rings (SSSR count). The summed E-state index contributed by atoms with van der Waals surface area (Å²) in [6.45, 7) is 3.95. The first-order valence-corrected chi connectivity index (χ1v) is 12.8. The standard InChI is InChI=1S/C24H40N4O5/c1-2-3-11-19(20(29)21(30)25-18-9-5-6-10-18)26-22(31)24(12-7-4-8-13-24)27-23(32)28-14-16-33-17-15-28/h18-19H,2-17H2,1H3,(H,25,30)(H,26,31)(H,27,32)/t19-/m0/s1. The van der Waals surface area contributed by atoms with Gasteiger partial charge < -0.3 is 25.6 Å². The molecule has 1 aliphatic heterocycles. The monoisotopic (exact) mass is 464 g/mol. The molecule has 2 aliphatic carbocycles. The highest BCUT2D eigenvalue weighted by atomic mass is 16.5. The quantitative estimate of drug-likeness (QED) is 0.452. The average molecular weight is 465 g/mol. The number of nitrogens with one attached hydrogen (secondary N) is 3. The number of morpholine rings is 1. The Kier molecular flexibility index (Phi) is 9.52. The van der Waals surface area contributed by atoms with Gasteiger partial charge in [0.15, 0.2) is 0 Å². The van der Waals surface area contributed by atoms with Gasteiger partial charge in [-0.2, -0.15) is 0 Å². The van der Waals surface area contributed by atoms with Crippen LogP contribution in [0, 0.1) is 0 Å². The topological polar surface area (TPSA) is 117 Å². The Labute approximate surface area is 196 Å². The summed E-state index contributed by atoms with van der Waals surface area (Å²) < 4.78 is 5.32. The predicted molar refractivity (Wildman–Crippen MR) is 124 cm³/mol. The summed E-state index contributed by atoms with van der Waals surface area (Å²) in [6, 6.07) is -1.11. The Morgan fingerprint density at radius 2 is 1.67 bits per heavy atom. The number of carbonyl (C=O) groups excluding carboxylic acids is 4. The SMILES string of the molecule is CCCC[C@H](NC(=O)C1(NC(=O)N2CCOCC2)CCCCC1)C(=O)C(=O)NC1CCCC1. The molecule has 0 radical (unpaired) electrons. The lowest BCUT2D eigenvalue weighted by Crippen LogP contribution is -2.64. The van der Waals surface area contributed by atoms with Crippen LogP contribution in [-0.4, -0.2) is 72.5 Å². The Morgan fingerprint density at radius 3 is 2.30 bits per heavy atom. The van der Waals surface area contributed by atoms with Crippen molar-refractivity contribution in [3.8, 4) is 0 Å². The molecule has 3 N–H and O–H groups in total. The number of Topliss-reactive ketones (excluding diaryl/α,β-unsaturated/α-hetero) is 1. The van der Waals surface area contributed by atoms with Crippen molar-refractivity contribution in [2.24, 2.45) is 0 Å². The second-order valence-corrected chi connectivity index (χ2v) is 9.66. The molecule has 1 atom stereocenters. The van der Waals surface area contributed by atoms with E-state index in [0.29, 0.717) is 45.6 Å². The van der Waals surface area contributed by atoms with E-state index in [2.05, 4.69) is 16.0 Å². The van der Waals surface area contributed by atoms with Crippen LogP contribution in [0.3, 0.4) is 0 Å². The van der Waals surface area contributed by atoms with Crippen molar-refractivity contribution in [2.75, 3.05) is 26.3 Å². The fourth-order valence-corrected chi connectivity index (χ4v) is 5.07. The molecule has 33 heavy (non-hydrogen) atoms. The van der Waals surface area contributed by atoms with Gasteiger partial charge in [0.05, 0.1) is 19.3 Å². The van der Waals surface area contributed by atoms with Crippen LogP contribution >= 0.6 is 0 Å². The van der Waals surface area contributed by atoms with Gasteiger partial charge in [0.2, 0.25) is 11.7 Å². The van der Waals surface area contributed by atoms with Gasteiger partial charge in [0, 0.05) is 19.1 Å². The molecule has 186 valence electrons. The van der Waals surface area contributed by atoms with Crippen LogP contribution in [0.1, 0.15) is 84.0 Å². The number of unbranched alkanes of at least 4 members (excludes halogenated alkanes) is 1. The third kappa shape index (κ3) is 6.91. The number of carbonyl (C=O) groups is 4. The highest BCUT2D eigenvalue weighted by Gasteiger charge is 2.43. The van der Waals surface area contributed by atoms with Crippen molar-refractivity contribution >= 4 is 23.6 Å². The maximum absolute atomic E-state index is 13.5. The zero-order valence-corrected chi connectivity index (χ0v) is 20.0. The molecule has 1 heterocycles. The molecule has 0 unspecified atom stereocenters. The molecule has 3 aliphatic rings. The van der Waals surface area contributed by atoms with Gasteiger partial charge in [-0.05, 0) is 32.1 Å². The maximum atomic E-state index is 13.5. The Morgan fingerprint density at radius 1 is 1.00 bits per heavy atom. The van der Waals surface area contributed by atoms with Crippen LogP contribution in [0.4, 0.5) is 4.79 Å². The fraction of sp³-hybridized carbons (Fsp3) is 0.833. The van der Waals surface area contributed by atoms with E-state index in [1.807, 2.05) is 6.92 Å². The van der Waals surface area contributed by atoms with Crippen molar-refractivity contribution in [2.45, 2.75) is 102 Å². The van der Waals surface area contributed by atoms with Crippen molar-refractivity contribution < 1.29 is 23.9 Å². The number of nitrogens with zero attached hydrogens (tertiary/aromatic N) is 1. The predicted octanol–water partition coefficient (Wildman–Crippen LogP) is 2.03. The number of hydrogen-bond donors (Lipinski definition) is 3. The molecule has 4 amide bonds. The Balaban J connectivity index is 1.68. The van der Waals surface area contributed by atoms with Crippen LogP contribution < -0.4 is 16.0 Å². The van der Waals surface area contributed by atoms with Gasteiger partial charge in [-0.1, -0.05) is 51.9 Å². The minimum atomic E-state index is -1.06. The van der Waals surface area contributed by atoms with E-state index in [-0.39, 0.29) is 18.0 Å². The molecule has 0 aromatic rings. The largest absolute Gasteiger partial charge is 0.378 e. The summed E-state index contributed by atoms with van der Waals surface area (Å²) >= 11 is 0. The zero-order chi connectivity index (χ0) is 23.7. The summed E-state index contributed by atoms with van der Waals surface area (Å²) in [5, 5.41) is 8.71. The molecule has 2 saturated carbocycles. The third-order valence-electron chi connectivity index (χ3n) is 7.17. The first kappa shape index (κ1) is 25.5. The minimum absolute atomic E-state index is 0.0430. The summed E-state index contributed by atoms with van der Waals surface area (Å²) in [7, 11) is 0. The van der Waals surface area contributed by atoms with E-state index < -0.39 is 23.3 Å². The van der Waals surface area contributed by atoms with Gasteiger partial charge >= 0.3 is 6.03 Å². The molecular weight excluding hydrogens is 424 g/mol. The third-order valence-corrected chi connectivity index (χ3v) is 7.17. The number of rotatable bonds is 9. The van der Waals surface area contributed by atoms with Crippen LogP contribution in [0.15, 0.2) is 0 Å². The lowest BCUT2D eigenvalue weighted by atomic mass is 9.80. The Hall–Kier alpha value is -2.16. The van der Waals surface area contributed by atoms with Crippen LogP contribution in [0.5, 0.6) is 0 Å². The van der Waals surface area contributed by atoms with E-state index in [0.717, 1.165) is 57.8 Å². The molecule has 0 aromatic heterocycles. The Bertz CT molecular complexity index is 695. The number of hydrogen-bond acceptors (Lipinski definition) is 5. The number of ketones is 1. The summed E-state index contributed by atoms with van der Waals surface area (Å²) in [5.74, 6) is -1.56. The fourth-order valence-electron chi connectivity index (χ4n) is 5.07. The second kappa shape index (κ2) is 12.3. The van der Waals surface area contributed by atoms with Crippen molar-refractivity contribution in [1.29, 1.82) is 0 Å². The molecule has 9 nitrogen and oxygen atoms in total. The summed E-state index contributed by atoms with van der Waals surface area (Å²) in [4.78, 5) is 53.7. The van der Waals surface area contributed by atoms with Gasteiger partial charge in [-0.25, -0.2) is 4.79 Å². The van der Waals surface area contributed by atoms with Crippen molar-refractivity contribution in [1.82, 2.24) is 20.9 Å².